The van der Waals surface area contributed by atoms with Crippen LogP contribution in [0, 0.1) is 40.4 Å². The molecule has 0 unspecified atom stereocenters. The van der Waals surface area contributed by atoms with Gasteiger partial charge in [-0.3, -0.25) is 4.79 Å². The molecule has 1 aromatic carbocycles. The van der Waals surface area contributed by atoms with Gasteiger partial charge in [-0.2, -0.15) is 0 Å². The molecule has 4 saturated carbocycles. The number of nitrogens with zero attached hydrogens (tertiary/aromatic N) is 1. The summed E-state index contributed by atoms with van der Waals surface area (Å²) >= 11 is 0. The van der Waals surface area contributed by atoms with E-state index in [9.17, 15) is 9.90 Å². The number of para-hydroxylation sites is 2. The molecular weight excluding hydrogens is 408 g/mol. The second kappa shape index (κ2) is 7.41. The Labute approximate surface area is 198 Å². The molecule has 0 bridgehead atoms. The third kappa shape index (κ3) is 3.34. The predicted molar refractivity (Wildman–Crippen MR) is 131 cm³/mol. The Kier molecular flexibility index (Phi) is 4.90. The van der Waals surface area contributed by atoms with Crippen molar-refractivity contribution in [1.82, 2.24) is 9.97 Å². The summed E-state index contributed by atoms with van der Waals surface area (Å²) in [4.78, 5) is 21.6. The number of hydrogen-bond donors (Lipinski definition) is 2. The van der Waals surface area contributed by atoms with Crippen LogP contribution in [0.25, 0.3) is 11.0 Å². The van der Waals surface area contributed by atoms with Gasteiger partial charge in [-0.15, -0.1) is 0 Å². The van der Waals surface area contributed by atoms with Gasteiger partial charge in [0.25, 0.3) is 0 Å². The number of fused-ring (bicyclic) bond motifs is 6. The zero-order valence-corrected chi connectivity index (χ0v) is 20.6. The molecule has 0 saturated heterocycles. The fourth-order valence-electron chi connectivity index (χ4n) is 9.34. The molecule has 6 rings (SSSR count). The number of imidazole rings is 1. The van der Waals surface area contributed by atoms with Crippen LogP contribution in [0.15, 0.2) is 24.3 Å². The van der Waals surface area contributed by atoms with Crippen LogP contribution in [0.1, 0.15) is 84.4 Å². The molecule has 178 valence electrons. The third-order valence-electron chi connectivity index (χ3n) is 11.1. The first-order valence-electron chi connectivity index (χ1n) is 13.4. The number of rotatable bonds is 3. The molecule has 4 nitrogen and oxygen atoms in total. The van der Waals surface area contributed by atoms with Crippen LogP contribution in [0.5, 0.6) is 0 Å². The Hall–Kier alpha value is -1.68. The van der Waals surface area contributed by atoms with Gasteiger partial charge in [-0.05, 0) is 111 Å². The largest absolute Gasteiger partial charge is 0.390 e. The van der Waals surface area contributed by atoms with E-state index in [4.69, 9.17) is 0 Å². The molecule has 0 aliphatic heterocycles. The molecule has 4 aliphatic rings. The molecule has 0 amide bonds. The predicted octanol–water partition coefficient (Wildman–Crippen LogP) is 6.08. The monoisotopic (exact) mass is 448 g/mol. The van der Waals surface area contributed by atoms with Crippen molar-refractivity contribution in [2.24, 2.45) is 40.4 Å². The van der Waals surface area contributed by atoms with Gasteiger partial charge in [0, 0.05) is 5.92 Å². The number of nitrogens with one attached hydrogen (secondary N) is 1. The van der Waals surface area contributed by atoms with Crippen molar-refractivity contribution in [2.45, 2.75) is 90.6 Å². The van der Waals surface area contributed by atoms with E-state index < -0.39 is 5.60 Å². The molecule has 8 atom stereocenters. The van der Waals surface area contributed by atoms with Gasteiger partial charge in [-0.1, -0.05) is 26.0 Å². The van der Waals surface area contributed by atoms with E-state index in [2.05, 4.69) is 23.8 Å². The molecule has 4 aliphatic carbocycles. The molecule has 2 N–H and O–H groups in total. The van der Waals surface area contributed by atoms with Gasteiger partial charge in [-0.25, -0.2) is 4.98 Å². The van der Waals surface area contributed by atoms with Crippen LogP contribution in [0.3, 0.4) is 0 Å². The number of Topliss-reactive ketones (excluding diaryl/α,β-unsaturated/α-hetero) is 1. The van der Waals surface area contributed by atoms with Crippen molar-refractivity contribution >= 4 is 16.8 Å². The molecule has 0 radical (unpaired) electrons. The van der Waals surface area contributed by atoms with E-state index in [0.717, 1.165) is 48.0 Å². The zero-order chi connectivity index (χ0) is 23.0. The lowest BCUT2D eigenvalue weighted by Gasteiger charge is -2.61. The molecule has 4 heteroatoms. The standard InChI is InChI=1S/C29H40N2O2/c1-27(33)14-15-28(2)18(17-27)8-9-19-20-10-11-22(29(20,3)13-12-21(19)28)25(32)16-26-30-23-6-4-5-7-24(23)31-26/h4-7,18-22,33H,8-17H2,1-3H3,(H,30,31)/t18-,19-,20-,21-,22+,27+,28-,29-/m0/s1. The van der Waals surface area contributed by atoms with E-state index in [1.807, 2.05) is 31.2 Å². The normalized spacial score (nSPS) is 44.8. The number of aliphatic hydroxyl groups is 1. The lowest BCUT2D eigenvalue weighted by molar-refractivity contribution is -0.150. The maximum atomic E-state index is 13.6. The Morgan fingerprint density at radius 2 is 1.79 bits per heavy atom. The van der Waals surface area contributed by atoms with Gasteiger partial charge in [0.05, 0.1) is 23.1 Å². The van der Waals surface area contributed by atoms with Crippen LogP contribution < -0.4 is 0 Å². The van der Waals surface area contributed by atoms with E-state index in [0.29, 0.717) is 29.5 Å². The Balaban J connectivity index is 1.21. The number of aromatic nitrogens is 2. The highest BCUT2D eigenvalue weighted by Crippen LogP contribution is 2.68. The minimum Gasteiger partial charge on any atom is -0.390 e. The van der Waals surface area contributed by atoms with E-state index in [1.165, 1.54) is 38.5 Å². The van der Waals surface area contributed by atoms with Crippen LogP contribution in [-0.4, -0.2) is 26.5 Å². The second-order valence-corrected chi connectivity index (χ2v) is 12.9. The van der Waals surface area contributed by atoms with E-state index >= 15 is 0 Å². The van der Waals surface area contributed by atoms with E-state index in [-0.39, 0.29) is 11.3 Å². The summed E-state index contributed by atoms with van der Waals surface area (Å²) in [6.07, 6.45) is 10.8. The second-order valence-electron chi connectivity index (χ2n) is 12.9. The van der Waals surface area contributed by atoms with Gasteiger partial charge in [0.2, 0.25) is 0 Å². The number of benzene rings is 1. The third-order valence-corrected chi connectivity index (χ3v) is 11.1. The lowest BCUT2D eigenvalue weighted by Crippen LogP contribution is -2.55. The summed E-state index contributed by atoms with van der Waals surface area (Å²) in [5.41, 5.74) is 2.03. The Bertz CT molecular complexity index is 1040. The number of ketones is 1. The molecule has 1 heterocycles. The smallest absolute Gasteiger partial charge is 0.144 e. The average molecular weight is 449 g/mol. The lowest BCUT2D eigenvalue weighted by atomic mass is 9.44. The maximum Gasteiger partial charge on any atom is 0.144 e. The van der Waals surface area contributed by atoms with Crippen molar-refractivity contribution in [1.29, 1.82) is 0 Å². The van der Waals surface area contributed by atoms with Crippen molar-refractivity contribution < 1.29 is 9.90 Å². The maximum absolute atomic E-state index is 13.6. The molecular formula is C29H40N2O2. The summed E-state index contributed by atoms with van der Waals surface area (Å²) in [5.74, 6) is 4.27. The Morgan fingerprint density at radius 1 is 1.00 bits per heavy atom. The molecule has 4 fully saturated rings. The summed E-state index contributed by atoms with van der Waals surface area (Å²) < 4.78 is 0. The number of carbonyl (C=O) groups excluding carboxylic acids is 1. The molecule has 0 spiro atoms. The van der Waals surface area contributed by atoms with Crippen LogP contribution in [0.4, 0.5) is 0 Å². The summed E-state index contributed by atoms with van der Waals surface area (Å²) in [5, 5.41) is 10.7. The van der Waals surface area contributed by atoms with Gasteiger partial charge < -0.3 is 10.1 Å². The molecule has 1 aromatic heterocycles. The number of H-pyrrole nitrogens is 1. The minimum atomic E-state index is -0.471. The van der Waals surface area contributed by atoms with Crippen LogP contribution in [-0.2, 0) is 11.2 Å². The quantitative estimate of drug-likeness (QED) is 0.597. The fraction of sp³-hybridized carbons (Fsp3) is 0.724. The highest BCUT2D eigenvalue weighted by atomic mass is 16.3. The summed E-state index contributed by atoms with van der Waals surface area (Å²) in [6.45, 7) is 7.04. The van der Waals surface area contributed by atoms with E-state index in [1.54, 1.807) is 0 Å². The topological polar surface area (TPSA) is 66.0 Å². The first-order chi connectivity index (χ1) is 15.7. The van der Waals surface area contributed by atoms with Crippen molar-refractivity contribution in [3.8, 4) is 0 Å². The minimum absolute atomic E-state index is 0.146. The number of hydrogen-bond acceptors (Lipinski definition) is 3. The zero-order valence-electron chi connectivity index (χ0n) is 20.6. The van der Waals surface area contributed by atoms with Crippen LogP contribution >= 0.6 is 0 Å². The van der Waals surface area contributed by atoms with Gasteiger partial charge in [0.15, 0.2) is 0 Å². The van der Waals surface area contributed by atoms with Crippen LogP contribution in [0.2, 0.25) is 0 Å². The first-order valence-corrected chi connectivity index (χ1v) is 13.4. The Morgan fingerprint density at radius 3 is 2.61 bits per heavy atom. The summed E-state index contributed by atoms with van der Waals surface area (Å²) in [6, 6.07) is 8.05. The number of carbonyl (C=O) groups is 1. The highest BCUT2D eigenvalue weighted by molar-refractivity contribution is 5.85. The highest BCUT2D eigenvalue weighted by Gasteiger charge is 2.61. The average Bonchev–Trinajstić information content (AvgIpc) is 3.34. The van der Waals surface area contributed by atoms with Crippen molar-refractivity contribution in [2.75, 3.05) is 0 Å². The molecule has 33 heavy (non-hydrogen) atoms. The fourth-order valence-corrected chi connectivity index (χ4v) is 9.34. The van der Waals surface area contributed by atoms with Gasteiger partial charge >= 0.3 is 0 Å². The van der Waals surface area contributed by atoms with Gasteiger partial charge in [0.1, 0.15) is 11.6 Å². The van der Waals surface area contributed by atoms with Crippen molar-refractivity contribution in [3.05, 3.63) is 30.1 Å². The van der Waals surface area contributed by atoms with Crippen molar-refractivity contribution in [3.63, 3.8) is 0 Å². The summed E-state index contributed by atoms with van der Waals surface area (Å²) in [7, 11) is 0. The SMILES string of the molecule is C[C@@]1(O)CC[C@@]2(C)[C@@H](CC[C@@H]3[C@@H]2CC[C@]2(C)[C@@H](C(=O)Cc4nc5ccccc5[nH]4)CC[C@@H]32)C1. The molecule has 2 aromatic rings. The number of aromatic amines is 1. The first kappa shape index (κ1) is 21.8.